The van der Waals surface area contributed by atoms with Crippen LogP contribution in [0, 0.1) is 10.8 Å². The summed E-state index contributed by atoms with van der Waals surface area (Å²) in [6.45, 7) is 11.4. The van der Waals surface area contributed by atoms with E-state index in [1.807, 2.05) is 60.7 Å². The van der Waals surface area contributed by atoms with Crippen molar-refractivity contribution in [1.29, 1.82) is 0 Å². The third kappa shape index (κ3) is 5.14. The van der Waals surface area contributed by atoms with Crippen LogP contribution in [-0.2, 0) is 37.1 Å². The highest BCUT2D eigenvalue weighted by molar-refractivity contribution is 6.07. The van der Waals surface area contributed by atoms with Crippen molar-refractivity contribution in [3.05, 3.63) is 96.1 Å². The Morgan fingerprint density at radius 2 is 1.12 bits per heavy atom. The number of Topliss-reactive ketones (excluding diaryl/α,β-unsaturated/α-hetero) is 1. The van der Waals surface area contributed by atoms with Gasteiger partial charge >= 0.3 is 11.9 Å². The van der Waals surface area contributed by atoms with E-state index in [9.17, 15) is 14.4 Å². The molecule has 1 aliphatic carbocycles. The minimum Gasteiger partial charge on any atom is -0.457 e. The molecule has 5 heteroatoms. The predicted molar refractivity (Wildman–Crippen MR) is 126 cm³/mol. The molecule has 2 atom stereocenters. The van der Waals surface area contributed by atoms with Crippen molar-refractivity contribution in [2.75, 3.05) is 0 Å². The van der Waals surface area contributed by atoms with Crippen molar-refractivity contribution in [2.24, 2.45) is 10.8 Å². The molecule has 1 saturated carbocycles. The van der Waals surface area contributed by atoms with Gasteiger partial charge in [0.2, 0.25) is 0 Å². The van der Waals surface area contributed by atoms with Gasteiger partial charge in [0.25, 0.3) is 0 Å². The normalized spacial score (nSPS) is 22.3. The number of hydrogen-bond acceptors (Lipinski definition) is 5. The molecule has 0 saturated heterocycles. The van der Waals surface area contributed by atoms with E-state index in [0.717, 1.165) is 11.1 Å². The summed E-state index contributed by atoms with van der Waals surface area (Å²) in [6, 6.07) is 18.6. The number of esters is 2. The van der Waals surface area contributed by atoms with E-state index < -0.39 is 22.8 Å². The summed E-state index contributed by atoms with van der Waals surface area (Å²) >= 11 is 0. The van der Waals surface area contributed by atoms with Crippen LogP contribution in [0.3, 0.4) is 0 Å². The van der Waals surface area contributed by atoms with Crippen molar-refractivity contribution in [3.63, 3.8) is 0 Å². The molecule has 0 spiro atoms. The van der Waals surface area contributed by atoms with E-state index in [-0.39, 0.29) is 30.1 Å². The minimum atomic E-state index is -1.15. The Kier molecular flexibility index (Phi) is 7.32. The van der Waals surface area contributed by atoms with Gasteiger partial charge in [0.1, 0.15) is 13.2 Å². The van der Waals surface area contributed by atoms with Gasteiger partial charge in [-0.25, -0.2) is 9.59 Å². The zero-order valence-electron chi connectivity index (χ0n) is 19.3. The van der Waals surface area contributed by atoms with Gasteiger partial charge in [0.05, 0.1) is 10.8 Å². The summed E-state index contributed by atoms with van der Waals surface area (Å²) < 4.78 is 10.8. The third-order valence-corrected chi connectivity index (χ3v) is 6.61. The monoisotopic (exact) mass is 446 g/mol. The zero-order valence-corrected chi connectivity index (χ0v) is 19.3. The Morgan fingerprint density at radius 1 is 0.758 bits per heavy atom. The Labute approximate surface area is 195 Å². The van der Waals surface area contributed by atoms with E-state index in [1.165, 1.54) is 0 Å². The maximum atomic E-state index is 13.7. The Hall–Kier alpha value is -3.47. The first-order valence-corrected chi connectivity index (χ1v) is 11.0. The first-order chi connectivity index (χ1) is 15.7. The molecule has 0 bridgehead atoms. The molecule has 1 fully saturated rings. The average molecular weight is 447 g/mol. The van der Waals surface area contributed by atoms with E-state index in [0.29, 0.717) is 19.3 Å². The second kappa shape index (κ2) is 9.99. The van der Waals surface area contributed by atoms with E-state index in [4.69, 9.17) is 9.47 Å². The largest absolute Gasteiger partial charge is 0.457 e. The molecule has 33 heavy (non-hydrogen) atoms. The summed E-state index contributed by atoms with van der Waals surface area (Å²) in [7, 11) is 0. The molecule has 5 nitrogen and oxygen atoms in total. The lowest BCUT2D eigenvalue weighted by atomic mass is 9.57. The van der Waals surface area contributed by atoms with Crippen LogP contribution >= 0.6 is 0 Å². The molecule has 0 radical (unpaired) electrons. The highest BCUT2D eigenvalue weighted by atomic mass is 16.5. The molecule has 2 aromatic carbocycles. The molecule has 2 aromatic rings. The standard InChI is InChI=1S/C28H30O5/c1-20(24(29)32-18-22-12-7-5-8-13-22)27(3)16-11-17-28(4,26(27)31)21(2)25(30)33-19-23-14-9-6-10-15-23/h5-10,12-15H,1-2,11,16-19H2,3-4H3. The lowest BCUT2D eigenvalue weighted by molar-refractivity contribution is -0.149. The molecular formula is C28H30O5. The van der Waals surface area contributed by atoms with Crippen molar-refractivity contribution >= 4 is 17.7 Å². The maximum absolute atomic E-state index is 13.7. The molecule has 172 valence electrons. The van der Waals surface area contributed by atoms with Gasteiger partial charge in [-0.05, 0) is 37.8 Å². The van der Waals surface area contributed by atoms with Gasteiger partial charge in [-0.3, -0.25) is 4.79 Å². The number of ketones is 1. The van der Waals surface area contributed by atoms with Crippen molar-refractivity contribution < 1.29 is 23.9 Å². The highest BCUT2D eigenvalue weighted by Gasteiger charge is 2.53. The Bertz CT molecular complexity index is 973. The number of carbonyl (C=O) groups is 3. The van der Waals surface area contributed by atoms with Gasteiger partial charge in [0.15, 0.2) is 5.78 Å². The van der Waals surface area contributed by atoms with E-state index >= 15 is 0 Å². The summed E-state index contributed by atoms with van der Waals surface area (Å²) in [6.07, 6.45) is 1.54. The van der Waals surface area contributed by atoms with Crippen molar-refractivity contribution in [2.45, 2.75) is 46.3 Å². The Morgan fingerprint density at radius 3 is 1.48 bits per heavy atom. The first kappa shape index (κ1) is 24.2. The van der Waals surface area contributed by atoms with Gasteiger partial charge < -0.3 is 9.47 Å². The highest BCUT2D eigenvalue weighted by Crippen LogP contribution is 2.50. The summed E-state index contributed by atoms with van der Waals surface area (Å²) in [4.78, 5) is 39.2. The second-order valence-corrected chi connectivity index (χ2v) is 8.93. The number of rotatable bonds is 8. The smallest absolute Gasteiger partial charge is 0.334 e. The van der Waals surface area contributed by atoms with E-state index in [1.54, 1.807) is 13.8 Å². The molecular weight excluding hydrogens is 416 g/mol. The molecule has 0 heterocycles. The van der Waals surface area contributed by atoms with Crippen LogP contribution in [0.2, 0.25) is 0 Å². The zero-order chi connectivity index (χ0) is 24.1. The first-order valence-electron chi connectivity index (χ1n) is 11.0. The van der Waals surface area contributed by atoms with Crippen LogP contribution in [-0.4, -0.2) is 17.7 Å². The van der Waals surface area contributed by atoms with Crippen LogP contribution in [0.4, 0.5) is 0 Å². The fourth-order valence-electron chi connectivity index (χ4n) is 4.28. The summed E-state index contributed by atoms with van der Waals surface area (Å²) in [5.74, 6) is -1.49. The molecule has 3 rings (SSSR count). The third-order valence-electron chi connectivity index (χ3n) is 6.61. The minimum absolute atomic E-state index is 0.0960. The van der Waals surface area contributed by atoms with Gasteiger partial charge in [-0.1, -0.05) is 80.2 Å². The van der Waals surface area contributed by atoms with Crippen LogP contribution in [0.25, 0.3) is 0 Å². The van der Waals surface area contributed by atoms with E-state index in [2.05, 4.69) is 13.2 Å². The Balaban J connectivity index is 1.69. The SMILES string of the molecule is C=C(C(=O)OCc1ccccc1)C1(C)CCCC(C)(C(=C)C(=O)OCc2ccccc2)C1=O. The van der Waals surface area contributed by atoms with Crippen LogP contribution in [0.1, 0.15) is 44.2 Å². The summed E-state index contributed by atoms with van der Waals surface area (Å²) in [5.41, 5.74) is -0.414. The number of benzene rings is 2. The molecule has 0 N–H and O–H groups in total. The van der Waals surface area contributed by atoms with Crippen LogP contribution in [0.15, 0.2) is 85.0 Å². The molecule has 0 amide bonds. The number of carbonyl (C=O) groups excluding carboxylic acids is 3. The molecule has 2 unspecified atom stereocenters. The summed E-state index contributed by atoms with van der Waals surface area (Å²) in [5, 5.41) is 0. The van der Waals surface area contributed by atoms with Crippen LogP contribution in [0.5, 0.6) is 0 Å². The second-order valence-electron chi connectivity index (χ2n) is 8.93. The topological polar surface area (TPSA) is 69.7 Å². The number of hydrogen-bond donors (Lipinski definition) is 0. The lowest BCUT2D eigenvalue weighted by Gasteiger charge is -2.43. The maximum Gasteiger partial charge on any atom is 0.334 e. The predicted octanol–water partition coefficient (Wildman–Crippen LogP) is 5.35. The fourth-order valence-corrected chi connectivity index (χ4v) is 4.28. The number of ether oxygens (including phenoxy) is 2. The fraction of sp³-hybridized carbons (Fsp3) is 0.321. The quantitative estimate of drug-likeness (QED) is 0.404. The van der Waals surface area contributed by atoms with Gasteiger partial charge in [-0.15, -0.1) is 0 Å². The van der Waals surface area contributed by atoms with Crippen LogP contribution < -0.4 is 0 Å². The molecule has 0 aliphatic heterocycles. The van der Waals surface area contributed by atoms with Gasteiger partial charge in [0, 0.05) is 11.1 Å². The molecule has 1 aliphatic rings. The van der Waals surface area contributed by atoms with Crippen molar-refractivity contribution in [1.82, 2.24) is 0 Å². The van der Waals surface area contributed by atoms with Crippen molar-refractivity contribution in [3.8, 4) is 0 Å². The molecule has 0 aromatic heterocycles. The van der Waals surface area contributed by atoms with Gasteiger partial charge in [-0.2, -0.15) is 0 Å². The average Bonchev–Trinajstić information content (AvgIpc) is 2.84. The lowest BCUT2D eigenvalue weighted by Crippen LogP contribution is -2.48.